The highest BCUT2D eigenvalue weighted by molar-refractivity contribution is 6.02. The van der Waals surface area contributed by atoms with Crippen LogP contribution >= 0.6 is 0 Å². The molecule has 5 amide bonds. The Balaban J connectivity index is 1.58. The van der Waals surface area contributed by atoms with Crippen molar-refractivity contribution in [3.8, 4) is 5.75 Å². The molecule has 0 unspecified atom stereocenters. The summed E-state index contributed by atoms with van der Waals surface area (Å²) in [7, 11) is 1.72. The fraction of sp³-hybridized carbons (Fsp3) is 0.417. The molecule has 1 aliphatic rings. The van der Waals surface area contributed by atoms with E-state index in [4.69, 9.17) is 9.47 Å². The Hall–Kier alpha value is -4.61. The van der Waals surface area contributed by atoms with Gasteiger partial charge in [0, 0.05) is 49.7 Å². The largest absolute Gasteiger partial charge is 0.490 e. The average Bonchev–Trinajstić information content (AvgIpc) is 3.06. The lowest BCUT2D eigenvalue weighted by molar-refractivity contribution is -0.0115. The molecule has 0 aliphatic carbocycles. The zero-order valence-electron chi connectivity index (χ0n) is 27.6. The van der Waals surface area contributed by atoms with E-state index in [-0.39, 0.29) is 48.8 Å². The highest BCUT2D eigenvalue weighted by Gasteiger charge is 2.31. The number of ether oxygens (including phenoxy) is 2. The molecule has 3 aromatic rings. The molecule has 0 aromatic heterocycles. The third-order valence-electron chi connectivity index (χ3n) is 8.17. The topological polar surface area (TPSA) is 132 Å². The van der Waals surface area contributed by atoms with Crippen molar-refractivity contribution in [3.05, 3.63) is 84.4 Å². The van der Waals surface area contributed by atoms with Gasteiger partial charge in [-0.1, -0.05) is 43.3 Å². The second-order valence-corrected chi connectivity index (χ2v) is 12.1. The van der Waals surface area contributed by atoms with Crippen molar-refractivity contribution in [1.29, 1.82) is 0 Å². The molecular weight excluding hydrogens is 598 g/mol. The summed E-state index contributed by atoms with van der Waals surface area (Å²) in [5.41, 5.74) is 2.02. The first kappa shape index (κ1) is 35.2. The second-order valence-electron chi connectivity index (χ2n) is 12.1. The van der Waals surface area contributed by atoms with Gasteiger partial charge in [0.2, 0.25) is 0 Å². The average molecular weight is 646 g/mol. The Morgan fingerprint density at radius 1 is 0.936 bits per heavy atom. The van der Waals surface area contributed by atoms with Gasteiger partial charge in [0.15, 0.2) is 0 Å². The first-order valence-electron chi connectivity index (χ1n) is 16.2. The maximum Gasteiger partial charge on any atom is 0.323 e. The monoisotopic (exact) mass is 645 g/mol. The number of carbonyl (C=O) groups is 3. The summed E-state index contributed by atoms with van der Waals surface area (Å²) in [4.78, 5) is 43.3. The highest BCUT2D eigenvalue weighted by atomic mass is 16.5. The van der Waals surface area contributed by atoms with Crippen molar-refractivity contribution in [2.75, 3.05) is 49.3 Å². The minimum Gasteiger partial charge on any atom is -0.490 e. The molecule has 4 atom stereocenters. The SMILES string of the molecule is C[C@H](CO)N1C[C@H](C)[C@@H](CN(C)C(=O)Nc2ccccc2)OCCCC[C@H](C)Oc2ccc(NC(=O)Nc3ccccc3)cc2C1=O. The number of nitrogens with zero attached hydrogens (tertiary/aromatic N) is 2. The van der Waals surface area contributed by atoms with Crippen LogP contribution in [0.5, 0.6) is 5.75 Å². The zero-order chi connectivity index (χ0) is 33.8. The smallest absolute Gasteiger partial charge is 0.323 e. The van der Waals surface area contributed by atoms with Crippen LogP contribution in [0.3, 0.4) is 0 Å². The van der Waals surface area contributed by atoms with Gasteiger partial charge in [-0.05, 0) is 75.6 Å². The predicted octanol–water partition coefficient (Wildman–Crippen LogP) is 6.29. The molecule has 4 rings (SSSR count). The number of aliphatic hydroxyl groups excluding tert-OH is 1. The fourth-order valence-electron chi connectivity index (χ4n) is 5.37. The van der Waals surface area contributed by atoms with Gasteiger partial charge in [0.05, 0.1) is 30.4 Å². The summed E-state index contributed by atoms with van der Waals surface area (Å²) in [5.74, 6) is -0.149. The van der Waals surface area contributed by atoms with Gasteiger partial charge in [0.25, 0.3) is 5.91 Å². The Kier molecular flexibility index (Phi) is 13.0. The van der Waals surface area contributed by atoms with Crippen LogP contribution in [0.1, 0.15) is 50.4 Å². The summed E-state index contributed by atoms with van der Waals surface area (Å²) in [6, 6.07) is 22.1. The third-order valence-corrected chi connectivity index (χ3v) is 8.17. The molecule has 1 aliphatic heterocycles. The van der Waals surface area contributed by atoms with Crippen LogP contribution in [-0.4, -0.2) is 84.5 Å². The number of hydrogen-bond donors (Lipinski definition) is 4. The lowest BCUT2D eigenvalue weighted by Crippen LogP contribution is -2.48. The number of likely N-dealkylation sites (N-methyl/N-ethyl adjacent to an activating group) is 1. The zero-order valence-corrected chi connectivity index (χ0v) is 27.6. The highest BCUT2D eigenvalue weighted by Crippen LogP contribution is 2.29. The molecule has 0 spiro atoms. The van der Waals surface area contributed by atoms with Crippen molar-refractivity contribution >= 4 is 35.0 Å². The van der Waals surface area contributed by atoms with Crippen molar-refractivity contribution in [3.63, 3.8) is 0 Å². The lowest BCUT2D eigenvalue weighted by Gasteiger charge is -2.35. The van der Waals surface area contributed by atoms with Crippen molar-refractivity contribution in [2.24, 2.45) is 5.92 Å². The molecule has 0 fully saturated rings. The second kappa shape index (κ2) is 17.3. The molecule has 1 heterocycles. The number of urea groups is 2. The number of hydrogen-bond acceptors (Lipinski definition) is 6. The molecule has 4 N–H and O–H groups in total. The van der Waals surface area contributed by atoms with Crippen molar-refractivity contribution in [1.82, 2.24) is 9.80 Å². The van der Waals surface area contributed by atoms with Crippen LogP contribution in [0.15, 0.2) is 78.9 Å². The number of carbonyl (C=O) groups excluding carboxylic acids is 3. The standard InChI is InChI=1S/C36H47N5O6/c1-25-22-41(26(2)24-42)34(43)31-21-30(38-35(44)37-28-14-7-5-8-15-28)18-19-32(31)47-27(3)13-11-12-20-46-33(25)23-40(4)36(45)39-29-16-9-6-10-17-29/h5-10,14-19,21,25-27,33,42H,11-13,20,22-24H2,1-4H3,(H,39,45)(H2,37,38,44)/t25-,26+,27-,33+/m0/s1. The first-order chi connectivity index (χ1) is 22.6. The van der Waals surface area contributed by atoms with Crippen LogP contribution in [0, 0.1) is 5.92 Å². The Bertz CT molecular complexity index is 1460. The summed E-state index contributed by atoms with van der Waals surface area (Å²) < 4.78 is 12.6. The van der Waals surface area contributed by atoms with Crippen molar-refractivity contribution in [2.45, 2.75) is 58.3 Å². The van der Waals surface area contributed by atoms with Gasteiger partial charge in [0.1, 0.15) is 5.75 Å². The van der Waals surface area contributed by atoms with Gasteiger partial charge < -0.3 is 40.3 Å². The van der Waals surface area contributed by atoms with Gasteiger partial charge in [-0.2, -0.15) is 0 Å². The Morgan fingerprint density at radius 2 is 1.57 bits per heavy atom. The number of benzene rings is 3. The van der Waals surface area contributed by atoms with Crippen LogP contribution in [0.25, 0.3) is 0 Å². The normalized spacial score (nSPS) is 19.7. The molecule has 0 radical (unpaired) electrons. The molecule has 47 heavy (non-hydrogen) atoms. The molecule has 252 valence electrons. The number of amides is 5. The molecule has 0 saturated heterocycles. The molecule has 0 bridgehead atoms. The number of rotatable bonds is 7. The van der Waals surface area contributed by atoms with Crippen molar-refractivity contribution < 1.29 is 29.0 Å². The van der Waals surface area contributed by atoms with Crippen LogP contribution in [0.4, 0.5) is 26.7 Å². The van der Waals surface area contributed by atoms with Crippen LogP contribution in [-0.2, 0) is 4.74 Å². The van der Waals surface area contributed by atoms with E-state index in [1.54, 1.807) is 54.1 Å². The van der Waals surface area contributed by atoms with Gasteiger partial charge in [-0.15, -0.1) is 0 Å². The number of fused-ring (bicyclic) bond motifs is 1. The van der Waals surface area contributed by atoms with Gasteiger partial charge in [-0.3, -0.25) is 4.79 Å². The third kappa shape index (κ3) is 10.5. The van der Waals surface area contributed by atoms with Crippen LogP contribution in [0.2, 0.25) is 0 Å². The van der Waals surface area contributed by atoms with E-state index in [0.717, 1.165) is 19.3 Å². The predicted molar refractivity (Wildman–Crippen MR) is 184 cm³/mol. The molecule has 11 nitrogen and oxygen atoms in total. The minimum atomic E-state index is -0.527. The number of anilines is 3. The van der Waals surface area contributed by atoms with E-state index >= 15 is 0 Å². The molecule has 11 heteroatoms. The van der Waals surface area contributed by atoms with Gasteiger partial charge in [-0.25, -0.2) is 9.59 Å². The van der Waals surface area contributed by atoms with E-state index < -0.39 is 12.1 Å². The maximum absolute atomic E-state index is 14.3. The summed E-state index contributed by atoms with van der Waals surface area (Å²) in [6.07, 6.45) is 1.83. The van der Waals surface area contributed by atoms with E-state index in [1.165, 1.54) is 0 Å². The minimum absolute atomic E-state index is 0.184. The van der Waals surface area contributed by atoms with Gasteiger partial charge >= 0.3 is 12.1 Å². The van der Waals surface area contributed by atoms with E-state index in [1.807, 2.05) is 62.4 Å². The summed E-state index contributed by atoms with van der Waals surface area (Å²) >= 11 is 0. The van der Waals surface area contributed by atoms with E-state index in [0.29, 0.717) is 36.0 Å². The number of aliphatic hydroxyl groups is 1. The molecular formula is C36H47N5O6. The maximum atomic E-state index is 14.3. The Labute approximate surface area is 277 Å². The fourth-order valence-corrected chi connectivity index (χ4v) is 5.37. The van der Waals surface area contributed by atoms with Crippen LogP contribution < -0.4 is 20.7 Å². The Morgan fingerprint density at radius 3 is 2.23 bits per heavy atom. The number of nitrogens with one attached hydrogen (secondary N) is 3. The first-order valence-corrected chi connectivity index (χ1v) is 16.2. The molecule has 3 aromatic carbocycles. The summed E-state index contributed by atoms with van der Waals surface area (Å²) in [5, 5.41) is 18.7. The summed E-state index contributed by atoms with van der Waals surface area (Å²) in [6.45, 7) is 6.51. The molecule has 0 saturated carbocycles. The lowest BCUT2D eigenvalue weighted by atomic mass is 10.0. The van der Waals surface area contributed by atoms with E-state index in [2.05, 4.69) is 16.0 Å². The van der Waals surface area contributed by atoms with E-state index in [9.17, 15) is 19.5 Å². The number of para-hydroxylation sites is 2. The quantitative estimate of drug-likeness (QED) is 0.239.